The molecular formula is C22H28N2O4S. The standard InChI is InChI=1S/C22H28N2O4S/c1-3-28-20-8-10-21(11-9-20)29(26,27)24-15-13-23(14-16-24)22(25)12-7-19-6-4-5-18(2)17-19/h4-6,8-11,17H,3,7,12-16H2,1-2H3. The second kappa shape index (κ2) is 9.41. The molecule has 0 aromatic heterocycles. The number of piperazine rings is 1. The highest BCUT2D eigenvalue weighted by atomic mass is 32.2. The van der Waals surface area contributed by atoms with Crippen molar-refractivity contribution in [1.82, 2.24) is 9.21 Å². The summed E-state index contributed by atoms with van der Waals surface area (Å²) >= 11 is 0. The molecule has 1 aliphatic heterocycles. The monoisotopic (exact) mass is 416 g/mol. The normalized spacial score (nSPS) is 15.3. The van der Waals surface area contributed by atoms with Gasteiger partial charge in [-0.15, -0.1) is 0 Å². The fourth-order valence-electron chi connectivity index (χ4n) is 3.48. The van der Waals surface area contributed by atoms with E-state index in [1.807, 2.05) is 32.0 Å². The van der Waals surface area contributed by atoms with Crippen molar-refractivity contribution in [3.05, 3.63) is 59.7 Å². The quantitative estimate of drug-likeness (QED) is 0.696. The molecule has 0 spiro atoms. The van der Waals surface area contributed by atoms with Gasteiger partial charge in [0.25, 0.3) is 0 Å². The molecule has 1 amide bonds. The van der Waals surface area contributed by atoms with Gasteiger partial charge < -0.3 is 9.64 Å². The van der Waals surface area contributed by atoms with Gasteiger partial charge in [0, 0.05) is 32.6 Å². The van der Waals surface area contributed by atoms with E-state index in [1.165, 1.54) is 9.87 Å². The van der Waals surface area contributed by atoms with Gasteiger partial charge in [-0.1, -0.05) is 29.8 Å². The number of hydrogen-bond acceptors (Lipinski definition) is 4. The summed E-state index contributed by atoms with van der Waals surface area (Å²) in [7, 11) is -3.56. The molecule has 1 saturated heterocycles. The predicted octanol–water partition coefficient (Wildman–Crippen LogP) is 2.86. The molecule has 0 bridgehead atoms. The summed E-state index contributed by atoms with van der Waals surface area (Å²) in [5, 5.41) is 0. The summed E-state index contributed by atoms with van der Waals surface area (Å²) < 4.78 is 32.5. The average molecular weight is 417 g/mol. The van der Waals surface area contributed by atoms with Crippen LogP contribution in [0.3, 0.4) is 0 Å². The summed E-state index contributed by atoms with van der Waals surface area (Å²) in [5.74, 6) is 0.722. The Morgan fingerprint density at radius 3 is 2.34 bits per heavy atom. The number of carbonyl (C=O) groups is 1. The van der Waals surface area contributed by atoms with Gasteiger partial charge in [-0.3, -0.25) is 4.79 Å². The van der Waals surface area contributed by atoms with Crippen molar-refractivity contribution in [2.75, 3.05) is 32.8 Å². The Morgan fingerprint density at radius 1 is 1.03 bits per heavy atom. The Morgan fingerprint density at radius 2 is 1.72 bits per heavy atom. The Labute approximate surface area is 173 Å². The van der Waals surface area contributed by atoms with Gasteiger partial charge in [-0.2, -0.15) is 4.31 Å². The lowest BCUT2D eigenvalue weighted by Crippen LogP contribution is -2.50. The zero-order valence-electron chi connectivity index (χ0n) is 17.0. The number of hydrogen-bond donors (Lipinski definition) is 0. The highest BCUT2D eigenvalue weighted by molar-refractivity contribution is 7.89. The van der Waals surface area contributed by atoms with Gasteiger partial charge >= 0.3 is 0 Å². The molecule has 0 atom stereocenters. The summed E-state index contributed by atoms with van der Waals surface area (Å²) in [6.45, 7) is 5.91. The van der Waals surface area contributed by atoms with E-state index in [0.717, 1.165) is 5.56 Å². The van der Waals surface area contributed by atoms with Gasteiger partial charge in [0.15, 0.2) is 0 Å². The number of nitrogens with zero attached hydrogens (tertiary/aromatic N) is 2. The van der Waals surface area contributed by atoms with Crippen LogP contribution in [0, 0.1) is 6.92 Å². The van der Waals surface area contributed by atoms with E-state index in [4.69, 9.17) is 4.74 Å². The fourth-order valence-corrected chi connectivity index (χ4v) is 4.90. The lowest BCUT2D eigenvalue weighted by atomic mass is 10.1. The third-order valence-electron chi connectivity index (χ3n) is 5.07. The molecule has 0 N–H and O–H groups in total. The topological polar surface area (TPSA) is 66.9 Å². The molecule has 1 aliphatic rings. The van der Waals surface area contributed by atoms with Gasteiger partial charge in [0.2, 0.25) is 15.9 Å². The van der Waals surface area contributed by atoms with Gasteiger partial charge in [0.05, 0.1) is 11.5 Å². The van der Waals surface area contributed by atoms with Crippen LogP contribution in [-0.2, 0) is 21.2 Å². The second-order valence-electron chi connectivity index (χ2n) is 7.18. The lowest BCUT2D eigenvalue weighted by Gasteiger charge is -2.34. The van der Waals surface area contributed by atoms with Crippen molar-refractivity contribution in [2.24, 2.45) is 0 Å². The molecule has 1 heterocycles. The third kappa shape index (κ3) is 5.36. The number of sulfonamides is 1. The van der Waals surface area contributed by atoms with Gasteiger partial charge in [0.1, 0.15) is 5.75 Å². The van der Waals surface area contributed by atoms with E-state index in [1.54, 1.807) is 29.2 Å². The largest absolute Gasteiger partial charge is 0.494 e. The summed E-state index contributed by atoms with van der Waals surface area (Å²) in [4.78, 5) is 14.5. The van der Waals surface area contributed by atoms with Crippen LogP contribution in [0.1, 0.15) is 24.5 Å². The minimum atomic E-state index is -3.56. The van der Waals surface area contributed by atoms with Crippen LogP contribution in [-0.4, -0.2) is 56.3 Å². The van der Waals surface area contributed by atoms with E-state index in [0.29, 0.717) is 51.4 Å². The van der Waals surface area contributed by atoms with Crippen molar-refractivity contribution in [3.8, 4) is 5.75 Å². The molecule has 0 aliphatic carbocycles. The van der Waals surface area contributed by atoms with Crippen molar-refractivity contribution < 1.29 is 17.9 Å². The first-order valence-corrected chi connectivity index (χ1v) is 11.4. The minimum absolute atomic E-state index is 0.0737. The fraction of sp³-hybridized carbons (Fsp3) is 0.409. The predicted molar refractivity (Wildman–Crippen MR) is 112 cm³/mol. The number of carbonyl (C=O) groups excluding carboxylic acids is 1. The number of rotatable bonds is 7. The summed E-state index contributed by atoms with van der Waals surface area (Å²) in [6.07, 6.45) is 1.14. The van der Waals surface area contributed by atoms with E-state index < -0.39 is 10.0 Å². The number of ether oxygens (including phenoxy) is 1. The first kappa shape index (κ1) is 21.3. The molecule has 0 unspecified atom stereocenters. The molecule has 1 fully saturated rings. The molecule has 2 aromatic carbocycles. The van der Waals surface area contributed by atoms with E-state index in [2.05, 4.69) is 6.07 Å². The van der Waals surface area contributed by atoms with Gasteiger partial charge in [-0.25, -0.2) is 8.42 Å². The Bertz CT molecular complexity index is 934. The number of aryl methyl sites for hydroxylation is 2. The second-order valence-corrected chi connectivity index (χ2v) is 9.12. The number of benzene rings is 2. The van der Waals surface area contributed by atoms with Crippen LogP contribution in [0.15, 0.2) is 53.4 Å². The maximum atomic E-state index is 12.9. The smallest absolute Gasteiger partial charge is 0.243 e. The van der Waals surface area contributed by atoms with Crippen molar-refractivity contribution >= 4 is 15.9 Å². The van der Waals surface area contributed by atoms with Crippen LogP contribution in [0.25, 0.3) is 0 Å². The zero-order chi connectivity index (χ0) is 20.9. The molecular weight excluding hydrogens is 388 g/mol. The summed E-state index contributed by atoms with van der Waals surface area (Å²) in [6, 6.07) is 14.6. The average Bonchev–Trinajstić information content (AvgIpc) is 2.73. The van der Waals surface area contributed by atoms with Crippen LogP contribution < -0.4 is 4.74 Å². The molecule has 7 heteroatoms. The molecule has 0 saturated carbocycles. The molecule has 0 radical (unpaired) electrons. The van der Waals surface area contributed by atoms with Crippen LogP contribution >= 0.6 is 0 Å². The first-order chi connectivity index (χ1) is 13.9. The van der Waals surface area contributed by atoms with Crippen molar-refractivity contribution in [1.29, 1.82) is 0 Å². The first-order valence-electron chi connectivity index (χ1n) is 9.96. The third-order valence-corrected chi connectivity index (χ3v) is 6.99. The highest BCUT2D eigenvalue weighted by Crippen LogP contribution is 2.21. The SMILES string of the molecule is CCOc1ccc(S(=O)(=O)N2CCN(C(=O)CCc3cccc(C)c3)CC2)cc1. The summed E-state index contributed by atoms with van der Waals surface area (Å²) in [5.41, 5.74) is 2.33. The van der Waals surface area contributed by atoms with E-state index >= 15 is 0 Å². The Balaban J connectivity index is 1.54. The molecule has 2 aromatic rings. The van der Waals surface area contributed by atoms with E-state index in [-0.39, 0.29) is 10.8 Å². The van der Waals surface area contributed by atoms with E-state index in [9.17, 15) is 13.2 Å². The van der Waals surface area contributed by atoms with Crippen LogP contribution in [0.4, 0.5) is 0 Å². The minimum Gasteiger partial charge on any atom is -0.494 e. The maximum absolute atomic E-state index is 12.9. The lowest BCUT2D eigenvalue weighted by molar-refractivity contribution is -0.132. The van der Waals surface area contributed by atoms with Crippen molar-refractivity contribution in [3.63, 3.8) is 0 Å². The van der Waals surface area contributed by atoms with Crippen LogP contribution in [0.5, 0.6) is 5.75 Å². The highest BCUT2D eigenvalue weighted by Gasteiger charge is 2.29. The number of amides is 1. The van der Waals surface area contributed by atoms with Crippen LogP contribution in [0.2, 0.25) is 0 Å². The Kier molecular flexibility index (Phi) is 6.92. The maximum Gasteiger partial charge on any atom is 0.243 e. The zero-order valence-corrected chi connectivity index (χ0v) is 17.8. The van der Waals surface area contributed by atoms with Crippen molar-refractivity contribution in [2.45, 2.75) is 31.6 Å². The van der Waals surface area contributed by atoms with Gasteiger partial charge in [-0.05, 0) is 50.1 Å². The Hall–Kier alpha value is -2.38. The molecule has 3 rings (SSSR count). The molecule has 6 nitrogen and oxygen atoms in total. The molecule has 156 valence electrons. The molecule has 29 heavy (non-hydrogen) atoms.